The van der Waals surface area contributed by atoms with E-state index in [1.54, 1.807) is 0 Å². The minimum Gasteiger partial charge on any atom is -0.346 e. The van der Waals surface area contributed by atoms with Gasteiger partial charge in [-0.05, 0) is 37.2 Å². The van der Waals surface area contributed by atoms with Gasteiger partial charge in [0.15, 0.2) is 0 Å². The molecule has 1 aromatic heterocycles. The Morgan fingerprint density at radius 2 is 1.92 bits per heavy atom. The Balaban J connectivity index is 1.80. The van der Waals surface area contributed by atoms with Gasteiger partial charge in [-0.25, -0.2) is 4.68 Å². The second kappa shape index (κ2) is 6.75. The van der Waals surface area contributed by atoms with Gasteiger partial charge in [0.05, 0.1) is 12.1 Å². The summed E-state index contributed by atoms with van der Waals surface area (Å²) in [6.45, 7) is 0.888. The highest BCUT2D eigenvalue weighted by atomic mass is 35.5. The molecule has 0 radical (unpaired) electrons. The smallest absolute Gasteiger partial charge is 0.272 e. The number of halogens is 1. The number of aryl methyl sites for hydroxylation is 1. The lowest BCUT2D eigenvalue weighted by atomic mass is 10.00. The van der Waals surface area contributed by atoms with Crippen molar-refractivity contribution in [3.8, 4) is 0 Å². The lowest BCUT2D eigenvalue weighted by Crippen LogP contribution is -2.40. The van der Waals surface area contributed by atoms with Gasteiger partial charge in [-0.1, -0.05) is 23.7 Å². The molecule has 6 nitrogen and oxygen atoms in total. The fourth-order valence-corrected chi connectivity index (χ4v) is 3.24. The first-order valence-corrected chi connectivity index (χ1v) is 8.14. The second-order valence-corrected chi connectivity index (χ2v) is 6.46. The number of rotatable bonds is 3. The third kappa shape index (κ3) is 3.34. The lowest BCUT2D eigenvalue weighted by molar-refractivity contribution is 0.0920. The normalized spacial score (nSPS) is 21.0. The van der Waals surface area contributed by atoms with Gasteiger partial charge in [-0.15, -0.1) is 0 Å². The maximum Gasteiger partial charge on any atom is 0.272 e. The Labute approximate surface area is 145 Å². The van der Waals surface area contributed by atoms with Crippen LogP contribution in [0.15, 0.2) is 41.2 Å². The zero-order valence-corrected chi connectivity index (χ0v) is 14.3. The average Bonchev–Trinajstić information content (AvgIpc) is 2.91. The summed E-state index contributed by atoms with van der Waals surface area (Å²) >= 11 is 5.96. The molecule has 2 heterocycles. The van der Waals surface area contributed by atoms with Crippen molar-refractivity contribution >= 4 is 17.5 Å². The Morgan fingerprint density at radius 3 is 2.58 bits per heavy atom. The summed E-state index contributed by atoms with van der Waals surface area (Å²) < 4.78 is 1.16. The number of likely N-dealkylation sites (N-methyl/N-ethyl adjacent to an activating group) is 1. The number of carbonyl (C=O) groups is 1. The van der Waals surface area contributed by atoms with Crippen molar-refractivity contribution in [2.75, 3.05) is 13.6 Å². The van der Waals surface area contributed by atoms with Crippen molar-refractivity contribution in [1.82, 2.24) is 20.0 Å². The van der Waals surface area contributed by atoms with E-state index in [0.717, 1.165) is 23.2 Å². The topological polar surface area (TPSA) is 67.2 Å². The van der Waals surface area contributed by atoms with Crippen LogP contribution in [0.3, 0.4) is 0 Å². The van der Waals surface area contributed by atoms with E-state index < -0.39 is 0 Å². The molecule has 2 aromatic rings. The first-order chi connectivity index (χ1) is 11.5. The number of amides is 1. The molecule has 1 amide bonds. The lowest BCUT2D eigenvalue weighted by Gasteiger charge is -2.26. The molecule has 24 heavy (non-hydrogen) atoms. The van der Waals surface area contributed by atoms with Crippen LogP contribution in [0, 0.1) is 0 Å². The fourth-order valence-electron chi connectivity index (χ4n) is 3.11. The molecule has 1 aliphatic rings. The van der Waals surface area contributed by atoms with Crippen molar-refractivity contribution in [3.05, 3.63) is 63.0 Å². The zero-order valence-electron chi connectivity index (χ0n) is 13.6. The summed E-state index contributed by atoms with van der Waals surface area (Å²) in [4.78, 5) is 26.1. The van der Waals surface area contributed by atoms with E-state index >= 15 is 0 Å². The van der Waals surface area contributed by atoms with Gasteiger partial charge >= 0.3 is 0 Å². The molecule has 0 unspecified atom stereocenters. The maximum absolute atomic E-state index is 12.5. The molecule has 1 fully saturated rings. The minimum absolute atomic E-state index is 0.0253. The average molecular weight is 347 g/mol. The summed E-state index contributed by atoms with van der Waals surface area (Å²) in [5.41, 5.74) is 1.10. The van der Waals surface area contributed by atoms with Gasteiger partial charge in [0, 0.05) is 24.7 Å². The number of nitrogens with zero attached hydrogens (tertiary/aromatic N) is 3. The monoisotopic (exact) mass is 346 g/mol. The molecule has 7 heteroatoms. The van der Waals surface area contributed by atoms with Crippen LogP contribution in [0.2, 0.25) is 5.02 Å². The van der Waals surface area contributed by atoms with E-state index in [9.17, 15) is 9.59 Å². The van der Waals surface area contributed by atoms with Crippen molar-refractivity contribution in [1.29, 1.82) is 0 Å². The van der Waals surface area contributed by atoms with Gasteiger partial charge in [-0.3, -0.25) is 14.5 Å². The summed E-state index contributed by atoms with van der Waals surface area (Å²) in [6, 6.07) is 10.5. The zero-order chi connectivity index (χ0) is 17.3. The molecular formula is C17H19ClN4O2. The van der Waals surface area contributed by atoms with Gasteiger partial charge in [0.1, 0.15) is 5.69 Å². The van der Waals surface area contributed by atoms with E-state index in [4.69, 9.17) is 11.6 Å². The highest BCUT2D eigenvalue weighted by Gasteiger charge is 2.34. The molecule has 0 saturated carbocycles. The Morgan fingerprint density at radius 1 is 1.21 bits per heavy atom. The summed E-state index contributed by atoms with van der Waals surface area (Å²) in [7, 11) is 3.56. The number of aromatic nitrogens is 2. The molecule has 0 spiro atoms. The molecule has 0 bridgehead atoms. The van der Waals surface area contributed by atoms with E-state index in [1.807, 2.05) is 31.3 Å². The molecule has 3 rings (SSSR count). The highest BCUT2D eigenvalue weighted by Crippen LogP contribution is 2.31. The highest BCUT2D eigenvalue weighted by molar-refractivity contribution is 6.30. The fraction of sp³-hybridized carbons (Fsp3) is 0.353. The molecular weight excluding hydrogens is 328 g/mol. The Bertz CT molecular complexity index is 803. The summed E-state index contributed by atoms with van der Waals surface area (Å²) in [5, 5.41) is 7.74. The van der Waals surface area contributed by atoms with Crippen LogP contribution in [0.4, 0.5) is 0 Å². The van der Waals surface area contributed by atoms with Crippen LogP contribution in [0.25, 0.3) is 0 Å². The molecule has 2 atom stereocenters. The molecule has 126 valence electrons. The van der Waals surface area contributed by atoms with Gasteiger partial charge in [0.25, 0.3) is 11.5 Å². The largest absolute Gasteiger partial charge is 0.346 e. The molecule has 1 saturated heterocycles. The predicted molar refractivity (Wildman–Crippen MR) is 92.2 cm³/mol. The van der Waals surface area contributed by atoms with Gasteiger partial charge in [0.2, 0.25) is 0 Å². The second-order valence-electron chi connectivity index (χ2n) is 6.03. The minimum atomic E-state index is -0.273. The third-order valence-corrected chi connectivity index (χ3v) is 4.62. The molecule has 1 aliphatic heterocycles. The van der Waals surface area contributed by atoms with Gasteiger partial charge < -0.3 is 5.32 Å². The van der Waals surface area contributed by atoms with Crippen molar-refractivity contribution in [2.45, 2.75) is 18.5 Å². The van der Waals surface area contributed by atoms with E-state index in [2.05, 4.69) is 15.3 Å². The maximum atomic E-state index is 12.5. The summed E-state index contributed by atoms with van der Waals surface area (Å²) in [5.74, 6) is -0.273. The quantitative estimate of drug-likeness (QED) is 0.917. The van der Waals surface area contributed by atoms with Crippen molar-refractivity contribution in [2.24, 2.45) is 7.05 Å². The van der Waals surface area contributed by atoms with Crippen LogP contribution >= 0.6 is 11.6 Å². The number of nitrogens with one attached hydrogen (secondary N) is 1. The third-order valence-electron chi connectivity index (χ3n) is 4.37. The van der Waals surface area contributed by atoms with Gasteiger partial charge in [-0.2, -0.15) is 5.10 Å². The molecule has 1 aromatic carbocycles. The van der Waals surface area contributed by atoms with Crippen LogP contribution in [-0.4, -0.2) is 40.2 Å². The van der Waals surface area contributed by atoms with E-state index in [-0.39, 0.29) is 29.2 Å². The molecule has 0 aliphatic carbocycles. The number of hydrogen-bond acceptors (Lipinski definition) is 4. The van der Waals surface area contributed by atoms with Crippen LogP contribution in [0.1, 0.15) is 28.5 Å². The first-order valence-electron chi connectivity index (χ1n) is 7.76. The number of hydrogen-bond donors (Lipinski definition) is 1. The van der Waals surface area contributed by atoms with Crippen LogP contribution < -0.4 is 10.9 Å². The SMILES string of the molecule is CN1CC[C@H](NC(=O)c2ccc(=O)n(C)n2)[C@@H]1c1ccc(Cl)cc1. The number of benzene rings is 1. The number of likely N-dealkylation sites (tertiary alicyclic amines) is 1. The Hall–Kier alpha value is -2.18. The van der Waals surface area contributed by atoms with Crippen LogP contribution in [-0.2, 0) is 7.05 Å². The van der Waals surface area contributed by atoms with E-state index in [1.165, 1.54) is 19.2 Å². The number of carbonyl (C=O) groups excluding carboxylic acids is 1. The first kappa shape index (κ1) is 16.7. The van der Waals surface area contributed by atoms with Crippen LogP contribution in [0.5, 0.6) is 0 Å². The molecule has 1 N–H and O–H groups in total. The Kier molecular flexibility index (Phi) is 4.69. The van der Waals surface area contributed by atoms with Crippen molar-refractivity contribution in [3.63, 3.8) is 0 Å². The van der Waals surface area contributed by atoms with E-state index in [0.29, 0.717) is 5.02 Å². The standard InChI is InChI=1S/C17H19ClN4O2/c1-21-10-9-13(16(21)11-3-5-12(18)6-4-11)19-17(24)14-7-8-15(23)22(2)20-14/h3-8,13,16H,9-10H2,1-2H3,(H,19,24)/t13-,16-/m0/s1. The summed E-state index contributed by atoms with van der Waals surface area (Å²) in [6.07, 6.45) is 0.849. The predicted octanol–water partition coefficient (Wildman–Crippen LogP) is 1.61. The van der Waals surface area contributed by atoms with Crippen molar-refractivity contribution < 1.29 is 4.79 Å².